The molecule has 0 unspecified atom stereocenters. The second-order valence-electron chi connectivity index (χ2n) is 4.58. The number of hydrogen-bond donors (Lipinski definition) is 3. The molecule has 102 valence electrons. The van der Waals surface area contributed by atoms with Crippen molar-refractivity contribution in [2.75, 3.05) is 5.32 Å². The van der Waals surface area contributed by atoms with Crippen LogP contribution in [0.2, 0.25) is 0 Å². The van der Waals surface area contributed by atoms with Gasteiger partial charge in [-0.15, -0.1) is 11.3 Å². The van der Waals surface area contributed by atoms with Crippen molar-refractivity contribution in [1.82, 2.24) is 4.98 Å². The molecule has 18 heavy (non-hydrogen) atoms. The zero-order chi connectivity index (χ0) is 14.0. The number of rotatable bonds is 3. The molecular weight excluding hydrogens is 279 g/mol. The van der Waals surface area contributed by atoms with Crippen molar-refractivity contribution in [3.8, 4) is 0 Å². The van der Waals surface area contributed by atoms with Crippen LogP contribution in [0.1, 0.15) is 25.6 Å². The first-order valence-electron chi connectivity index (χ1n) is 5.04. The van der Waals surface area contributed by atoms with Crippen LogP contribution < -0.4 is 5.32 Å². The molecule has 0 saturated carbocycles. The second kappa shape index (κ2) is 5.36. The Balaban J connectivity index is 2.59. The van der Waals surface area contributed by atoms with Gasteiger partial charge in [-0.2, -0.15) is 0 Å². The van der Waals surface area contributed by atoms with Gasteiger partial charge in [0, 0.05) is 11.1 Å². The molecule has 1 aromatic heterocycles. The molecule has 0 aliphatic heterocycles. The molecule has 0 aromatic carbocycles. The Hall–Kier alpha value is -0.950. The fourth-order valence-corrected chi connectivity index (χ4v) is 2.88. The van der Waals surface area contributed by atoms with E-state index in [9.17, 15) is 9.36 Å². The average molecular weight is 294 g/mol. The number of nitrogens with one attached hydrogen (secondary N) is 1. The predicted molar refractivity (Wildman–Crippen MR) is 67.7 cm³/mol. The number of ether oxygens (including phenoxy) is 1. The van der Waals surface area contributed by atoms with Crippen LogP contribution in [0.4, 0.5) is 9.93 Å². The molecule has 0 saturated heterocycles. The first-order valence-corrected chi connectivity index (χ1v) is 7.66. The fraction of sp³-hybridized carbons (Fsp3) is 0.556. The minimum Gasteiger partial charge on any atom is -0.444 e. The van der Waals surface area contributed by atoms with E-state index in [0.29, 0.717) is 4.88 Å². The summed E-state index contributed by atoms with van der Waals surface area (Å²) in [7, 11) is -4.12. The molecule has 0 bridgehead atoms. The van der Waals surface area contributed by atoms with Crippen LogP contribution in [0.3, 0.4) is 0 Å². The standard InChI is InChI=1S/C9H15N2O5PS/c1-9(2,3)16-8(12)11-7-10-4-6(18-7)5-17(13,14)15/h4H,5H2,1-3H3,(H,10,11,12)(H2,13,14,15). The number of carbonyl (C=O) groups excluding carboxylic acids is 1. The summed E-state index contributed by atoms with van der Waals surface area (Å²) < 4.78 is 15.8. The van der Waals surface area contributed by atoms with Gasteiger partial charge in [-0.25, -0.2) is 9.78 Å². The van der Waals surface area contributed by atoms with Crippen LogP contribution in [-0.2, 0) is 15.5 Å². The third-order valence-corrected chi connectivity index (χ3v) is 3.40. The van der Waals surface area contributed by atoms with E-state index in [1.54, 1.807) is 20.8 Å². The lowest BCUT2D eigenvalue weighted by molar-refractivity contribution is 0.0636. The predicted octanol–water partition coefficient (Wildman–Crippen LogP) is 2.17. The second-order valence-corrected chi connectivity index (χ2v) is 7.34. The molecular formula is C9H15N2O5PS. The Bertz CT molecular complexity index is 476. The van der Waals surface area contributed by atoms with Crippen LogP contribution in [0, 0.1) is 0 Å². The molecule has 1 aromatic rings. The molecule has 1 amide bonds. The lowest BCUT2D eigenvalue weighted by atomic mass is 10.2. The van der Waals surface area contributed by atoms with Gasteiger partial charge in [0.15, 0.2) is 5.13 Å². The van der Waals surface area contributed by atoms with E-state index in [1.807, 2.05) is 0 Å². The summed E-state index contributed by atoms with van der Waals surface area (Å²) >= 11 is 0.999. The van der Waals surface area contributed by atoms with Gasteiger partial charge in [0.2, 0.25) is 0 Å². The first kappa shape index (κ1) is 15.1. The maximum Gasteiger partial charge on any atom is 0.413 e. The van der Waals surface area contributed by atoms with Crippen LogP contribution in [-0.4, -0.2) is 26.5 Å². The van der Waals surface area contributed by atoms with Crippen molar-refractivity contribution < 1.29 is 23.9 Å². The van der Waals surface area contributed by atoms with E-state index < -0.39 is 19.3 Å². The molecule has 0 aliphatic rings. The molecule has 3 N–H and O–H groups in total. The minimum absolute atomic E-state index is 0.243. The summed E-state index contributed by atoms with van der Waals surface area (Å²) in [6.45, 7) is 5.19. The van der Waals surface area contributed by atoms with Gasteiger partial charge in [0.1, 0.15) is 5.60 Å². The highest BCUT2D eigenvalue weighted by Gasteiger charge is 2.19. The number of amides is 1. The van der Waals surface area contributed by atoms with Gasteiger partial charge in [0.05, 0.1) is 6.16 Å². The summed E-state index contributed by atoms with van der Waals surface area (Å²) in [5.74, 6) is 0. The molecule has 0 radical (unpaired) electrons. The van der Waals surface area contributed by atoms with Crippen LogP contribution in [0.15, 0.2) is 6.20 Å². The number of anilines is 1. The molecule has 0 spiro atoms. The topological polar surface area (TPSA) is 109 Å². The molecule has 0 atom stereocenters. The first-order chi connectivity index (χ1) is 8.05. The zero-order valence-corrected chi connectivity index (χ0v) is 11.9. The maximum absolute atomic E-state index is 11.4. The average Bonchev–Trinajstić information content (AvgIpc) is 2.44. The highest BCUT2D eigenvalue weighted by molar-refractivity contribution is 7.51. The zero-order valence-electron chi connectivity index (χ0n) is 10.2. The largest absolute Gasteiger partial charge is 0.444 e. The van der Waals surface area contributed by atoms with Gasteiger partial charge >= 0.3 is 13.7 Å². The van der Waals surface area contributed by atoms with Gasteiger partial charge in [-0.1, -0.05) is 0 Å². The monoisotopic (exact) mass is 294 g/mol. The lowest BCUT2D eigenvalue weighted by Gasteiger charge is -2.18. The Morgan fingerprint density at radius 2 is 2.17 bits per heavy atom. The highest BCUT2D eigenvalue weighted by Crippen LogP contribution is 2.41. The van der Waals surface area contributed by atoms with E-state index in [4.69, 9.17) is 14.5 Å². The molecule has 1 rings (SSSR count). The smallest absolute Gasteiger partial charge is 0.413 e. The summed E-state index contributed by atoms with van der Waals surface area (Å²) in [6, 6.07) is 0. The third kappa shape index (κ3) is 6.11. The number of thiazole rings is 1. The SMILES string of the molecule is CC(C)(C)OC(=O)Nc1ncc(CP(=O)(O)O)s1. The van der Waals surface area contributed by atoms with Crippen molar-refractivity contribution in [3.63, 3.8) is 0 Å². The van der Waals surface area contributed by atoms with E-state index >= 15 is 0 Å². The maximum atomic E-state index is 11.4. The quantitative estimate of drug-likeness (QED) is 0.737. The molecule has 7 nitrogen and oxygen atoms in total. The minimum atomic E-state index is -4.12. The highest BCUT2D eigenvalue weighted by atomic mass is 32.1. The Kier molecular flexibility index (Phi) is 4.50. The van der Waals surface area contributed by atoms with E-state index in [2.05, 4.69) is 10.3 Å². The normalized spacial score (nSPS) is 12.3. The molecule has 1 heterocycles. The summed E-state index contributed by atoms with van der Waals surface area (Å²) in [4.78, 5) is 33.2. The summed E-state index contributed by atoms with van der Waals surface area (Å²) in [6.07, 6.45) is 0.275. The Morgan fingerprint density at radius 3 is 2.67 bits per heavy atom. The van der Waals surface area contributed by atoms with Crippen molar-refractivity contribution in [1.29, 1.82) is 0 Å². The number of nitrogens with zero attached hydrogens (tertiary/aromatic N) is 1. The van der Waals surface area contributed by atoms with Gasteiger partial charge < -0.3 is 14.5 Å². The van der Waals surface area contributed by atoms with Gasteiger partial charge in [-0.05, 0) is 20.8 Å². The number of hydrogen-bond acceptors (Lipinski definition) is 5. The van der Waals surface area contributed by atoms with Gasteiger partial charge in [0.25, 0.3) is 0 Å². The van der Waals surface area contributed by atoms with Crippen molar-refractivity contribution in [2.24, 2.45) is 0 Å². The van der Waals surface area contributed by atoms with Crippen LogP contribution in [0.25, 0.3) is 0 Å². The molecule has 0 aliphatic carbocycles. The summed E-state index contributed by atoms with van der Waals surface area (Å²) in [5.41, 5.74) is -0.615. The molecule has 0 fully saturated rings. The van der Waals surface area contributed by atoms with Gasteiger partial charge in [-0.3, -0.25) is 9.88 Å². The van der Waals surface area contributed by atoms with E-state index in [1.165, 1.54) is 6.20 Å². The van der Waals surface area contributed by atoms with Crippen molar-refractivity contribution >= 4 is 30.2 Å². The number of aromatic nitrogens is 1. The van der Waals surface area contributed by atoms with Crippen LogP contribution >= 0.6 is 18.9 Å². The van der Waals surface area contributed by atoms with Crippen molar-refractivity contribution in [3.05, 3.63) is 11.1 Å². The Labute approximate surface area is 108 Å². The van der Waals surface area contributed by atoms with E-state index in [0.717, 1.165) is 11.3 Å². The lowest BCUT2D eigenvalue weighted by Crippen LogP contribution is -2.27. The van der Waals surface area contributed by atoms with Crippen molar-refractivity contribution in [2.45, 2.75) is 32.5 Å². The fourth-order valence-electron chi connectivity index (χ4n) is 1.03. The van der Waals surface area contributed by atoms with E-state index in [-0.39, 0.29) is 11.3 Å². The van der Waals surface area contributed by atoms with Crippen LogP contribution in [0.5, 0.6) is 0 Å². The summed E-state index contributed by atoms with van der Waals surface area (Å²) in [5, 5.41) is 2.64. The molecule has 9 heteroatoms. The number of carbonyl (C=O) groups is 1. The third-order valence-electron chi connectivity index (χ3n) is 1.52. The Morgan fingerprint density at radius 1 is 1.56 bits per heavy atom.